The molecule has 1 atom stereocenters. The molecule has 1 saturated heterocycles. The van der Waals surface area contributed by atoms with Gasteiger partial charge in [-0.3, -0.25) is 4.79 Å². The first-order valence-electron chi connectivity index (χ1n) is 8.67. The highest BCUT2D eigenvalue weighted by Crippen LogP contribution is 2.27. The summed E-state index contributed by atoms with van der Waals surface area (Å²) in [5.74, 6) is -0.361. The van der Waals surface area contributed by atoms with Crippen molar-refractivity contribution in [3.05, 3.63) is 0 Å². The second-order valence-corrected chi connectivity index (χ2v) is 8.58. The second kappa shape index (κ2) is 9.91. The fourth-order valence-electron chi connectivity index (χ4n) is 3.52. The number of nitrogens with one attached hydrogen (secondary N) is 1. The average molecular weight is 383 g/mol. The maximum absolute atomic E-state index is 12.9. The van der Waals surface area contributed by atoms with E-state index in [1.54, 1.807) is 7.05 Å². The first-order valence-corrected chi connectivity index (χ1v) is 10.1. The SMILES string of the molecule is CN(C1CCCCC1)S(=O)(=O)N1CCCC(C(=O)NCCN)C1.Cl. The highest BCUT2D eigenvalue weighted by Gasteiger charge is 2.37. The molecule has 0 aromatic rings. The number of piperidine rings is 1. The summed E-state index contributed by atoms with van der Waals surface area (Å²) in [4.78, 5) is 12.1. The van der Waals surface area contributed by atoms with Crippen LogP contribution >= 0.6 is 12.4 Å². The smallest absolute Gasteiger partial charge is 0.281 e. The number of carbonyl (C=O) groups excluding carboxylic acids is 1. The topological polar surface area (TPSA) is 95.7 Å². The van der Waals surface area contributed by atoms with Crippen molar-refractivity contribution in [3.8, 4) is 0 Å². The molecular weight excluding hydrogens is 352 g/mol. The molecular formula is C15H31ClN4O3S. The zero-order valence-corrected chi connectivity index (χ0v) is 16.1. The third kappa shape index (κ3) is 5.29. The number of nitrogens with two attached hydrogens (primary N) is 1. The quantitative estimate of drug-likeness (QED) is 0.706. The largest absolute Gasteiger partial charge is 0.355 e. The molecule has 9 heteroatoms. The van der Waals surface area contributed by atoms with Crippen molar-refractivity contribution in [2.24, 2.45) is 11.7 Å². The first-order chi connectivity index (χ1) is 11.0. The summed E-state index contributed by atoms with van der Waals surface area (Å²) in [6.07, 6.45) is 6.70. The van der Waals surface area contributed by atoms with E-state index < -0.39 is 10.2 Å². The molecule has 1 aliphatic heterocycles. The van der Waals surface area contributed by atoms with E-state index in [0.29, 0.717) is 19.6 Å². The van der Waals surface area contributed by atoms with E-state index in [4.69, 9.17) is 5.73 Å². The van der Waals surface area contributed by atoms with Crippen LogP contribution in [0.25, 0.3) is 0 Å². The van der Waals surface area contributed by atoms with E-state index in [-0.39, 0.29) is 36.8 Å². The maximum atomic E-state index is 12.9. The van der Waals surface area contributed by atoms with E-state index in [2.05, 4.69) is 5.32 Å². The molecule has 0 bridgehead atoms. The molecule has 2 aliphatic rings. The zero-order valence-electron chi connectivity index (χ0n) is 14.4. The Labute approximate surface area is 151 Å². The van der Waals surface area contributed by atoms with Gasteiger partial charge in [0, 0.05) is 39.3 Å². The third-order valence-corrected chi connectivity index (χ3v) is 6.99. The first kappa shape index (κ1) is 21.6. The van der Waals surface area contributed by atoms with Gasteiger partial charge in [-0.1, -0.05) is 19.3 Å². The predicted octanol–water partition coefficient (Wildman–Crippen LogP) is 0.704. The number of hydrogen-bond acceptors (Lipinski definition) is 4. The van der Waals surface area contributed by atoms with Crippen LogP contribution in [0.4, 0.5) is 0 Å². The minimum Gasteiger partial charge on any atom is -0.355 e. The monoisotopic (exact) mass is 382 g/mol. The summed E-state index contributed by atoms with van der Waals surface area (Å²) in [6.45, 7) is 1.60. The van der Waals surface area contributed by atoms with Gasteiger partial charge in [0.2, 0.25) is 5.91 Å². The van der Waals surface area contributed by atoms with E-state index in [1.807, 2.05) is 0 Å². The van der Waals surface area contributed by atoms with Crippen LogP contribution in [-0.2, 0) is 15.0 Å². The summed E-state index contributed by atoms with van der Waals surface area (Å²) >= 11 is 0. The second-order valence-electron chi connectivity index (χ2n) is 6.59. The summed E-state index contributed by atoms with van der Waals surface area (Å²) in [6, 6.07) is 0.0974. The number of nitrogens with zero attached hydrogens (tertiary/aromatic N) is 2. The molecule has 1 aliphatic carbocycles. The summed E-state index contributed by atoms with van der Waals surface area (Å²) in [5, 5.41) is 2.77. The molecule has 1 amide bonds. The van der Waals surface area contributed by atoms with Crippen molar-refractivity contribution < 1.29 is 13.2 Å². The van der Waals surface area contributed by atoms with Crippen molar-refractivity contribution in [2.75, 3.05) is 33.2 Å². The number of halogens is 1. The molecule has 0 radical (unpaired) electrons. The summed E-state index contributed by atoms with van der Waals surface area (Å²) in [5.41, 5.74) is 5.40. The maximum Gasteiger partial charge on any atom is 0.281 e. The van der Waals surface area contributed by atoms with Gasteiger partial charge in [0.15, 0.2) is 0 Å². The molecule has 0 aromatic heterocycles. The van der Waals surface area contributed by atoms with Gasteiger partial charge < -0.3 is 11.1 Å². The van der Waals surface area contributed by atoms with Crippen molar-refractivity contribution in [3.63, 3.8) is 0 Å². The van der Waals surface area contributed by atoms with E-state index in [0.717, 1.165) is 38.5 Å². The number of rotatable bonds is 6. The van der Waals surface area contributed by atoms with Gasteiger partial charge in [-0.05, 0) is 25.7 Å². The third-order valence-electron chi connectivity index (χ3n) is 4.98. The molecule has 2 rings (SSSR count). The van der Waals surface area contributed by atoms with E-state index in [1.165, 1.54) is 15.0 Å². The van der Waals surface area contributed by atoms with Crippen LogP contribution in [-0.4, -0.2) is 62.2 Å². The predicted molar refractivity (Wildman–Crippen MR) is 97.2 cm³/mol. The van der Waals surface area contributed by atoms with Gasteiger partial charge in [0.1, 0.15) is 0 Å². The minimum absolute atomic E-state index is 0. The number of carbonyl (C=O) groups is 1. The molecule has 142 valence electrons. The lowest BCUT2D eigenvalue weighted by Gasteiger charge is -2.37. The lowest BCUT2D eigenvalue weighted by molar-refractivity contribution is -0.126. The lowest BCUT2D eigenvalue weighted by atomic mass is 9.96. The zero-order chi connectivity index (χ0) is 16.9. The van der Waals surface area contributed by atoms with Crippen molar-refractivity contribution in [1.29, 1.82) is 0 Å². The van der Waals surface area contributed by atoms with Gasteiger partial charge >= 0.3 is 0 Å². The Morgan fingerprint density at radius 3 is 2.50 bits per heavy atom. The van der Waals surface area contributed by atoms with Gasteiger partial charge in [-0.2, -0.15) is 17.0 Å². The average Bonchev–Trinajstić information content (AvgIpc) is 2.59. The molecule has 1 saturated carbocycles. The van der Waals surface area contributed by atoms with Crippen LogP contribution in [0.2, 0.25) is 0 Å². The van der Waals surface area contributed by atoms with Gasteiger partial charge in [0.05, 0.1) is 5.92 Å². The van der Waals surface area contributed by atoms with Crippen LogP contribution in [0.3, 0.4) is 0 Å². The Hall–Kier alpha value is -0.410. The standard InChI is InChI=1S/C15H30N4O3S.ClH/c1-18(14-7-3-2-4-8-14)23(21,22)19-11-5-6-13(12-19)15(20)17-10-9-16;/h13-14H,2-12,16H2,1H3,(H,17,20);1H. The Balaban J connectivity index is 0.00000288. The molecule has 0 aromatic carbocycles. The van der Waals surface area contributed by atoms with Crippen LogP contribution in [0.1, 0.15) is 44.9 Å². The normalized spacial score (nSPS) is 23.7. The summed E-state index contributed by atoms with van der Waals surface area (Å²) in [7, 11) is -1.80. The number of amides is 1. The van der Waals surface area contributed by atoms with Gasteiger partial charge in [0.25, 0.3) is 10.2 Å². The van der Waals surface area contributed by atoms with Crippen molar-refractivity contribution in [2.45, 2.75) is 51.0 Å². The van der Waals surface area contributed by atoms with Crippen LogP contribution in [0, 0.1) is 5.92 Å². The fraction of sp³-hybridized carbons (Fsp3) is 0.933. The molecule has 1 heterocycles. The van der Waals surface area contributed by atoms with E-state index in [9.17, 15) is 13.2 Å². The van der Waals surface area contributed by atoms with Gasteiger partial charge in [-0.15, -0.1) is 12.4 Å². The van der Waals surface area contributed by atoms with Crippen molar-refractivity contribution >= 4 is 28.5 Å². The molecule has 1 unspecified atom stereocenters. The molecule has 0 spiro atoms. The van der Waals surface area contributed by atoms with Gasteiger partial charge in [-0.25, -0.2) is 0 Å². The van der Waals surface area contributed by atoms with Crippen LogP contribution in [0.15, 0.2) is 0 Å². The van der Waals surface area contributed by atoms with Crippen LogP contribution < -0.4 is 11.1 Å². The fourth-order valence-corrected chi connectivity index (χ4v) is 5.20. The molecule has 7 nitrogen and oxygen atoms in total. The van der Waals surface area contributed by atoms with Crippen molar-refractivity contribution in [1.82, 2.24) is 13.9 Å². The number of hydrogen-bond donors (Lipinski definition) is 2. The van der Waals surface area contributed by atoms with E-state index >= 15 is 0 Å². The molecule has 2 fully saturated rings. The lowest BCUT2D eigenvalue weighted by Crippen LogP contribution is -2.52. The molecule has 3 N–H and O–H groups in total. The highest BCUT2D eigenvalue weighted by atomic mass is 35.5. The minimum atomic E-state index is -3.49. The Bertz CT molecular complexity index is 497. The Morgan fingerprint density at radius 1 is 1.21 bits per heavy atom. The summed E-state index contributed by atoms with van der Waals surface area (Å²) < 4.78 is 28.8. The Kier molecular flexibility index (Phi) is 8.94. The molecule has 24 heavy (non-hydrogen) atoms. The Morgan fingerprint density at radius 2 is 1.88 bits per heavy atom. The highest BCUT2D eigenvalue weighted by molar-refractivity contribution is 7.86. The van der Waals surface area contributed by atoms with Crippen LogP contribution in [0.5, 0.6) is 0 Å².